The minimum atomic E-state index is -0.0908. The molecule has 2 aliphatic rings. The van der Waals surface area contributed by atoms with Crippen LogP contribution >= 0.6 is 0 Å². The first-order valence-electron chi connectivity index (χ1n) is 11.3. The van der Waals surface area contributed by atoms with Gasteiger partial charge in [0.15, 0.2) is 5.96 Å². The van der Waals surface area contributed by atoms with E-state index in [1.807, 2.05) is 0 Å². The van der Waals surface area contributed by atoms with E-state index in [0.717, 1.165) is 84.1 Å². The summed E-state index contributed by atoms with van der Waals surface area (Å²) in [6.45, 7) is 15.5. The van der Waals surface area contributed by atoms with Gasteiger partial charge >= 0.3 is 0 Å². The third-order valence-electron chi connectivity index (χ3n) is 6.28. The second-order valence-electron chi connectivity index (χ2n) is 8.36. The maximum atomic E-state index is 9.63. The molecule has 2 aliphatic heterocycles. The van der Waals surface area contributed by atoms with Crippen LogP contribution in [0.1, 0.15) is 37.3 Å². The summed E-state index contributed by atoms with van der Waals surface area (Å²) in [5.74, 6) is 1.06. The van der Waals surface area contributed by atoms with Gasteiger partial charge in [0.25, 0.3) is 0 Å². The first kappa shape index (κ1) is 21.9. The van der Waals surface area contributed by atoms with Crippen molar-refractivity contribution < 1.29 is 5.11 Å². The molecular formula is C23H39N5O. The average molecular weight is 402 g/mol. The van der Waals surface area contributed by atoms with Crippen LogP contribution in [-0.2, 0) is 0 Å². The summed E-state index contributed by atoms with van der Waals surface area (Å²) in [6.07, 6.45) is 2.81. The zero-order valence-electron chi connectivity index (χ0n) is 18.5. The number of aliphatic hydroxyl groups excluding tert-OH is 1. The second-order valence-corrected chi connectivity index (χ2v) is 8.36. The minimum absolute atomic E-state index is 0.0908. The third kappa shape index (κ3) is 6.09. The highest BCUT2D eigenvalue weighted by Gasteiger charge is 2.21. The Balaban J connectivity index is 1.48. The number of nitrogens with zero attached hydrogens (tertiary/aromatic N) is 4. The maximum Gasteiger partial charge on any atom is 0.194 e. The Morgan fingerprint density at radius 1 is 1.10 bits per heavy atom. The lowest BCUT2D eigenvalue weighted by Gasteiger charge is -2.38. The molecule has 2 saturated heterocycles. The van der Waals surface area contributed by atoms with Gasteiger partial charge in [-0.15, -0.1) is 0 Å². The molecular weight excluding hydrogens is 362 g/mol. The van der Waals surface area contributed by atoms with Gasteiger partial charge in [0.2, 0.25) is 0 Å². The van der Waals surface area contributed by atoms with Crippen molar-refractivity contribution in [1.82, 2.24) is 15.1 Å². The molecule has 1 aromatic rings. The molecule has 0 amide bonds. The largest absolute Gasteiger partial charge is 0.393 e. The number of piperidine rings is 1. The molecule has 0 aliphatic carbocycles. The highest BCUT2D eigenvalue weighted by atomic mass is 16.3. The molecule has 29 heavy (non-hydrogen) atoms. The number of aliphatic imine (C=N–C) groups is 1. The first-order chi connectivity index (χ1) is 14.1. The van der Waals surface area contributed by atoms with Gasteiger partial charge in [-0.1, -0.05) is 12.1 Å². The fourth-order valence-electron chi connectivity index (χ4n) is 4.29. The molecule has 0 aromatic heterocycles. The zero-order valence-corrected chi connectivity index (χ0v) is 18.5. The number of hydrogen-bond acceptors (Lipinski definition) is 4. The minimum Gasteiger partial charge on any atom is -0.393 e. The first-order valence-corrected chi connectivity index (χ1v) is 11.3. The number of aryl methyl sites for hydroxylation is 1. The Hall–Kier alpha value is -1.79. The topological polar surface area (TPSA) is 54.3 Å². The fourth-order valence-corrected chi connectivity index (χ4v) is 4.29. The van der Waals surface area contributed by atoms with E-state index in [2.05, 4.69) is 59.0 Å². The van der Waals surface area contributed by atoms with Crippen LogP contribution in [0.3, 0.4) is 0 Å². The molecule has 2 heterocycles. The molecule has 0 atom stereocenters. The Labute approximate surface area is 176 Å². The van der Waals surface area contributed by atoms with E-state index in [1.54, 1.807) is 0 Å². The number of rotatable bonds is 6. The van der Waals surface area contributed by atoms with Crippen LogP contribution in [0.4, 0.5) is 5.69 Å². The van der Waals surface area contributed by atoms with Crippen molar-refractivity contribution in [3.63, 3.8) is 0 Å². The molecule has 0 bridgehead atoms. The molecule has 162 valence electrons. The maximum absolute atomic E-state index is 9.63. The summed E-state index contributed by atoms with van der Waals surface area (Å²) in [4.78, 5) is 12.3. The van der Waals surface area contributed by atoms with Crippen LogP contribution in [0.25, 0.3) is 0 Å². The number of likely N-dealkylation sites (tertiary alicyclic amines) is 1. The normalized spacial score (nSPS) is 19.7. The second kappa shape index (κ2) is 10.8. The van der Waals surface area contributed by atoms with E-state index >= 15 is 0 Å². The van der Waals surface area contributed by atoms with Gasteiger partial charge in [-0.2, -0.15) is 0 Å². The number of nitrogens with one attached hydrogen (secondary N) is 1. The lowest BCUT2D eigenvalue weighted by molar-refractivity contribution is 0.0824. The summed E-state index contributed by atoms with van der Waals surface area (Å²) in [6, 6.07) is 6.60. The van der Waals surface area contributed by atoms with Crippen molar-refractivity contribution in [1.29, 1.82) is 0 Å². The van der Waals surface area contributed by atoms with Gasteiger partial charge < -0.3 is 25.1 Å². The van der Waals surface area contributed by atoms with Crippen LogP contribution < -0.4 is 10.2 Å². The predicted octanol–water partition coefficient (Wildman–Crippen LogP) is 2.24. The van der Waals surface area contributed by atoms with Crippen molar-refractivity contribution >= 4 is 11.6 Å². The standard InChI is InChI=1S/C23H39N5O/c1-4-24-23(25-11-6-12-26-13-9-21(29)10-14-26)28-17-15-27(16-18-28)22-8-5-7-19(2)20(22)3/h5,7-8,21,29H,4,6,9-18H2,1-3H3,(H,24,25). The molecule has 0 radical (unpaired) electrons. The average Bonchev–Trinajstić information content (AvgIpc) is 2.74. The van der Waals surface area contributed by atoms with Crippen LogP contribution in [0, 0.1) is 13.8 Å². The number of anilines is 1. The number of benzene rings is 1. The highest BCUT2D eigenvalue weighted by Crippen LogP contribution is 2.23. The summed E-state index contributed by atoms with van der Waals surface area (Å²) < 4.78 is 0. The fraction of sp³-hybridized carbons (Fsp3) is 0.696. The molecule has 3 rings (SSSR count). The molecule has 0 unspecified atom stereocenters. The Bertz CT molecular complexity index is 661. The molecule has 6 heteroatoms. The molecule has 2 fully saturated rings. The predicted molar refractivity (Wildman–Crippen MR) is 122 cm³/mol. The van der Waals surface area contributed by atoms with Gasteiger partial charge in [-0.05, 0) is 63.8 Å². The van der Waals surface area contributed by atoms with E-state index < -0.39 is 0 Å². The van der Waals surface area contributed by atoms with Crippen molar-refractivity contribution in [3.05, 3.63) is 29.3 Å². The van der Waals surface area contributed by atoms with E-state index in [-0.39, 0.29) is 6.10 Å². The van der Waals surface area contributed by atoms with Crippen molar-refractivity contribution in [2.24, 2.45) is 4.99 Å². The molecule has 2 N–H and O–H groups in total. The highest BCUT2D eigenvalue weighted by molar-refractivity contribution is 5.80. The van der Waals surface area contributed by atoms with Crippen LogP contribution in [0.15, 0.2) is 23.2 Å². The smallest absolute Gasteiger partial charge is 0.194 e. The quantitative estimate of drug-likeness (QED) is 0.435. The van der Waals surface area contributed by atoms with E-state index in [9.17, 15) is 5.11 Å². The number of piperazine rings is 1. The molecule has 0 saturated carbocycles. The summed E-state index contributed by atoms with van der Waals surface area (Å²) in [7, 11) is 0. The summed E-state index contributed by atoms with van der Waals surface area (Å²) >= 11 is 0. The van der Waals surface area contributed by atoms with Crippen LogP contribution in [0.2, 0.25) is 0 Å². The van der Waals surface area contributed by atoms with Gasteiger partial charge in [-0.3, -0.25) is 4.99 Å². The van der Waals surface area contributed by atoms with Crippen LogP contribution in [-0.4, -0.2) is 85.9 Å². The Morgan fingerprint density at radius 2 is 1.83 bits per heavy atom. The summed E-state index contributed by atoms with van der Waals surface area (Å²) in [5, 5.41) is 13.1. The Morgan fingerprint density at radius 3 is 2.52 bits per heavy atom. The summed E-state index contributed by atoms with van der Waals surface area (Å²) in [5.41, 5.74) is 4.13. The lowest BCUT2D eigenvalue weighted by atomic mass is 10.1. The van der Waals surface area contributed by atoms with Crippen molar-refractivity contribution in [3.8, 4) is 0 Å². The monoisotopic (exact) mass is 401 g/mol. The molecule has 1 aromatic carbocycles. The number of aliphatic hydroxyl groups is 1. The van der Waals surface area contributed by atoms with E-state index in [4.69, 9.17) is 4.99 Å². The van der Waals surface area contributed by atoms with Crippen LogP contribution in [0.5, 0.6) is 0 Å². The third-order valence-corrected chi connectivity index (χ3v) is 6.28. The number of hydrogen-bond donors (Lipinski definition) is 2. The van der Waals surface area contributed by atoms with Gasteiger partial charge in [0.1, 0.15) is 0 Å². The zero-order chi connectivity index (χ0) is 20.6. The van der Waals surface area contributed by atoms with E-state index in [1.165, 1.54) is 16.8 Å². The molecule has 6 nitrogen and oxygen atoms in total. The van der Waals surface area contributed by atoms with E-state index in [0.29, 0.717) is 0 Å². The van der Waals surface area contributed by atoms with Gasteiger partial charge in [0.05, 0.1) is 6.10 Å². The molecule has 0 spiro atoms. The van der Waals surface area contributed by atoms with Crippen molar-refractivity contribution in [2.75, 3.05) is 63.8 Å². The Kier molecular flexibility index (Phi) is 8.19. The van der Waals surface area contributed by atoms with Crippen molar-refractivity contribution in [2.45, 2.75) is 46.1 Å². The number of guanidine groups is 1. The van der Waals surface area contributed by atoms with Gasteiger partial charge in [0, 0.05) is 58.0 Å². The van der Waals surface area contributed by atoms with Gasteiger partial charge in [-0.25, -0.2) is 0 Å². The lowest BCUT2D eigenvalue weighted by Crippen LogP contribution is -2.52. The SMILES string of the molecule is CCNC(=NCCCN1CCC(O)CC1)N1CCN(c2cccc(C)c2C)CC1.